The number of carbonyl (C=O) groups excluding carboxylic acids is 1. The van der Waals surface area contributed by atoms with Gasteiger partial charge in [0.2, 0.25) is 15.9 Å². The lowest BCUT2D eigenvalue weighted by Gasteiger charge is -2.31. The molecular weight excluding hydrogens is 468 g/mol. The van der Waals surface area contributed by atoms with Gasteiger partial charge in [0.1, 0.15) is 0 Å². The summed E-state index contributed by atoms with van der Waals surface area (Å²) in [7, 11) is -3.67. The molecule has 1 amide bonds. The van der Waals surface area contributed by atoms with Crippen molar-refractivity contribution < 1.29 is 22.7 Å². The van der Waals surface area contributed by atoms with E-state index in [4.69, 9.17) is 9.47 Å². The largest absolute Gasteiger partial charge is 0.379 e. The molecule has 2 N–H and O–H groups in total. The van der Waals surface area contributed by atoms with Crippen molar-refractivity contribution in [2.75, 3.05) is 69.4 Å². The maximum absolute atomic E-state index is 13.2. The maximum Gasteiger partial charge on any atom is 0.243 e. The van der Waals surface area contributed by atoms with Gasteiger partial charge in [-0.3, -0.25) is 4.79 Å². The molecule has 2 aliphatic heterocycles. The van der Waals surface area contributed by atoms with E-state index >= 15 is 0 Å². The summed E-state index contributed by atoms with van der Waals surface area (Å²) < 4.78 is 38.7. The van der Waals surface area contributed by atoms with Crippen molar-refractivity contribution in [3.8, 4) is 0 Å². The molecule has 4 aliphatic rings. The SMILES string of the molecule is C[C@@H](NCC(=O)Nc1cc(S(=O)(=O)N2CCOCC2)ccc1N1CCOCC1)[C@@H]1C[C@H]2CC[C@H]1C2. The molecule has 1 aromatic rings. The molecule has 35 heavy (non-hydrogen) atoms. The highest BCUT2D eigenvalue weighted by molar-refractivity contribution is 7.89. The average molecular weight is 507 g/mol. The van der Waals surface area contributed by atoms with E-state index in [1.54, 1.807) is 18.2 Å². The standard InChI is InChI=1S/C25H38N4O5S/c1-18(22-15-19-2-3-20(22)14-19)26-17-25(30)27-23-16-21(35(31,32)29-8-12-34-13-9-29)4-5-24(23)28-6-10-33-11-7-28/h4-5,16,18-20,22,26H,2-3,6-15,17H2,1H3,(H,27,30)/t18-,19+,20+,22+/m1/s1. The number of nitrogens with zero attached hydrogens (tertiary/aromatic N) is 2. The number of morpholine rings is 2. The van der Waals surface area contributed by atoms with Crippen LogP contribution >= 0.6 is 0 Å². The van der Waals surface area contributed by atoms with E-state index in [1.165, 1.54) is 30.0 Å². The van der Waals surface area contributed by atoms with E-state index in [0.717, 1.165) is 17.5 Å². The Labute approximate surface area is 208 Å². The number of amides is 1. The summed E-state index contributed by atoms with van der Waals surface area (Å²) >= 11 is 0. The molecule has 10 heteroatoms. The number of hydrogen-bond acceptors (Lipinski definition) is 7. The number of nitrogens with one attached hydrogen (secondary N) is 2. The monoisotopic (exact) mass is 506 g/mol. The zero-order valence-corrected chi connectivity index (χ0v) is 21.4. The van der Waals surface area contributed by atoms with Crippen LogP contribution in [0.2, 0.25) is 0 Å². The summed E-state index contributed by atoms with van der Waals surface area (Å²) in [4.78, 5) is 15.3. The van der Waals surface area contributed by atoms with Crippen LogP contribution < -0.4 is 15.5 Å². The van der Waals surface area contributed by atoms with Crippen LogP contribution in [-0.4, -0.2) is 83.8 Å². The minimum atomic E-state index is -3.67. The molecule has 194 valence electrons. The van der Waals surface area contributed by atoms with Crippen LogP contribution in [0.15, 0.2) is 23.1 Å². The number of hydrogen-bond donors (Lipinski definition) is 2. The van der Waals surface area contributed by atoms with E-state index < -0.39 is 10.0 Å². The molecule has 1 aromatic carbocycles. The van der Waals surface area contributed by atoms with Gasteiger partial charge in [-0.25, -0.2) is 8.42 Å². The van der Waals surface area contributed by atoms with Crippen molar-refractivity contribution >= 4 is 27.3 Å². The third-order valence-electron chi connectivity index (χ3n) is 8.22. The summed E-state index contributed by atoms with van der Waals surface area (Å²) in [6, 6.07) is 5.34. The van der Waals surface area contributed by atoms with E-state index in [0.29, 0.717) is 70.3 Å². The molecule has 2 aliphatic carbocycles. The quantitative estimate of drug-likeness (QED) is 0.555. The van der Waals surface area contributed by atoms with Gasteiger partial charge in [0.05, 0.1) is 49.2 Å². The Balaban J connectivity index is 1.30. The molecule has 9 nitrogen and oxygen atoms in total. The smallest absolute Gasteiger partial charge is 0.243 e. The van der Waals surface area contributed by atoms with Crippen LogP contribution in [0.1, 0.15) is 32.6 Å². The zero-order valence-electron chi connectivity index (χ0n) is 20.6. The molecule has 4 atom stereocenters. The number of rotatable bonds is 8. The van der Waals surface area contributed by atoms with Crippen LogP contribution in [-0.2, 0) is 24.3 Å². The lowest BCUT2D eigenvalue weighted by Crippen LogP contribution is -2.41. The van der Waals surface area contributed by atoms with Gasteiger partial charge in [-0.05, 0) is 62.1 Å². The molecular formula is C25H38N4O5S. The van der Waals surface area contributed by atoms with Crippen molar-refractivity contribution in [1.82, 2.24) is 9.62 Å². The number of fused-ring (bicyclic) bond motifs is 2. The number of carbonyl (C=O) groups is 1. The Morgan fingerprint density at radius 3 is 2.43 bits per heavy atom. The van der Waals surface area contributed by atoms with Gasteiger partial charge >= 0.3 is 0 Å². The van der Waals surface area contributed by atoms with Crippen LogP contribution in [0.3, 0.4) is 0 Å². The molecule has 2 heterocycles. The fourth-order valence-electron chi connectivity index (χ4n) is 6.30. The second-order valence-corrected chi connectivity index (χ2v) is 12.3. The van der Waals surface area contributed by atoms with Gasteiger partial charge in [0.25, 0.3) is 0 Å². The predicted molar refractivity (Wildman–Crippen MR) is 134 cm³/mol. The lowest BCUT2D eigenvalue weighted by atomic mass is 9.84. The first-order valence-corrected chi connectivity index (χ1v) is 14.4. The van der Waals surface area contributed by atoms with Gasteiger partial charge in [0.15, 0.2) is 0 Å². The summed E-state index contributed by atoms with van der Waals surface area (Å²) in [6.45, 7) is 6.43. The molecule has 4 fully saturated rings. The third kappa shape index (κ3) is 5.51. The average Bonchev–Trinajstić information content (AvgIpc) is 3.52. The zero-order chi connectivity index (χ0) is 24.4. The molecule has 0 unspecified atom stereocenters. The van der Waals surface area contributed by atoms with Gasteiger partial charge in [-0.1, -0.05) is 6.42 Å². The highest BCUT2D eigenvalue weighted by atomic mass is 32.2. The third-order valence-corrected chi connectivity index (χ3v) is 10.1. The van der Waals surface area contributed by atoms with E-state index in [-0.39, 0.29) is 17.3 Å². The summed E-state index contributed by atoms with van der Waals surface area (Å²) in [6.07, 6.45) is 5.29. The van der Waals surface area contributed by atoms with Crippen molar-refractivity contribution in [2.45, 2.75) is 43.5 Å². The summed E-state index contributed by atoms with van der Waals surface area (Å²) in [5, 5.41) is 6.45. The van der Waals surface area contributed by atoms with Crippen LogP contribution in [0, 0.1) is 17.8 Å². The molecule has 2 bridgehead atoms. The topological polar surface area (TPSA) is 100 Å². The van der Waals surface area contributed by atoms with Gasteiger partial charge < -0.3 is 25.0 Å². The van der Waals surface area contributed by atoms with Crippen molar-refractivity contribution in [3.05, 3.63) is 18.2 Å². The Morgan fingerprint density at radius 2 is 1.77 bits per heavy atom. The van der Waals surface area contributed by atoms with Crippen molar-refractivity contribution in [1.29, 1.82) is 0 Å². The Kier molecular flexibility index (Phi) is 7.64. The molecule has 2 saturated carbocycles. The highest BCUT2D eigenvalue weighted by Gasteiger charge is 2.41. The number of benzene rings is 1. The van der Waals surface area contributed by atoms with Gasteiger partial charge in [0, 0.05) is 32.2 Å². The molecule has 5 rings (SSSR count). The van der Waals surface area contributed by atoms with E-state index in [2.05, 4.69) is 22.5 Å². The molecule has 0 spiro atoms. The van der Waals surface area contributed by atoms with Gasteiger partial charge in [-0.15, -0.1) is 0 Å². The van der Waals surface area contributed by atoms with Crippen LogP contribution in [0.5, 0.6) is 0 Å². The van der Waals surface area contributed by atoms with Crippen molar-refractivity contribution in [2.24, 2.45) is 17.8 Å². The first-order chi connectivity index (χ1) is 16.9. The predicted octanol–water partition coefficient (Wildman–Crippen LogP) is 1.90. The number of ether oxygens (including phenoxy) is 2. The Hall–Kier alpha value is -1.72. The van der Waals surface area contributed by atoms with Crippen molar-refractivity contribution in [3.63, 3.8) is 0 Å². The molecule has 0 radical (unpaired) electrons. The fourth-order valence-corrected chi connectivity index (χ4v) is 7.73. The normalized spacial score (nSPS) is 28.3. The summed E-state index contributed by atoms with van der Waals surface area (Å²) in [5.41, 5.74) is 1.35. The van der Waals surface area contributed by atoms with Gasteiger partial charge in [-0.2, -0.15) is 4.31 Å². The first-order valence-electron chi connectivity index (χ1n) is 13.0. The highest BCUT2D eigenvalue weighted by Crippen LogP contribution is 2.49. The number of sulfonamides is 1. The summed E-state index contributed by atoms with van der Waals surface area (Å²) in [5.74, 6) is 2.15. The second kappa shape index (κ2) is 10.7. The number of anilines is 2. The van der Waals surface area contributed by atoms with E-state index in [1.807, 2.05) is 0 Å². The Bertz CT molecular complexity index is 1010. The maximum atomic E-state index is 13.2. The van der Waals surface area contributed by atoms with Crippen LogP contribution in [0.25, 0.3) is 0 Å². The molecule has 0 aromatic heterocycles. The first kappa shape index (κ1) is 25.0. The molecule has 2 saturated heterocycles. The van der Waals surface area contributed by atoms with Crippen LogP contribution in [0.4, 0.5) is 11.4 Å². The Morgan fingerprint density at radius 1 is 1.06 bits per heavy atom. The fraction of sp³-hybridized carbons (Fsp3) is 0.720. The second-order valence-electron chi connectivity index (χ2n) is 10.4. The lowest BCUT2D eigenvalue weighted by molar-refractivity contribution is -0.115. The minimum Gasteiger partial charge on any atom is -0.379 e. The van der Waals surface area contributed by atoms with E-state index in [9.17, 15) is 13.2 Å². The minimum absolute atomic E-state index is 0.157.